The summed E-state index contributed by atoms with van der Waals surface area (Å²) in [5.41, 5.74) is 6.73. The third-order valence-electron chi connectivity index (χ3n) is 3.07. The molecule has 2 rings (SSSR count). The van der Waals surface area contributed by atoms with E-state index in [1.807, 2.05) is 7.05 Å². The van der Waals surface area contributed by atoms with Gasteiger partial charge in [0.05, 0.1) is 0 Å². The predicted molar refractivity (Wildman–Crippen MR) is 59.4 cm³/mol. The Morgan fingerprint density at radius 3 is 2.87 bits per heavy atom. The Kier molecular flexibility index (Phi) is 2.42. The zero-order valence-electron chi connectivity index (χ0n) is 9.16. The van der Waals surface area contributed by atoms with Gasteiger partial charge in [-0.25, -0.2) is 0 Å². The number of nitrogens with one attached hydrogen (secondary N) is 1. The summed E-state index contributed by atoms with van der Waals surface area (Å²) in [6, 6.07) is 1.68. The number of aromatic nitrogens is 1. The van der Waals surface area contributed by atoms with E-state index in [2.05, 4.69) is 11.9 Å². The van der Waals surface area contributed by atoms with Crippen molar-refractivity contribution < 1.29 is 4.79 Å². The van der Waals surface area contributed by atoms with Crippen molar-refractivity contribution in [2.45, 2.75) is 13.3 Å². The van der Waals surface area contributed by atoms with Gasteiger partial charge in [-0.15, -0.1) is 0 Å². The van der Waals surface area contributed by atoms with Crippen LogP contribution in [0.15, 0.2) is 12.3 Å². The second-order valence-electron chi connectivity index (χ2n) is 4.51. The van der Waals surface area contributed by atoms with Gasteiger partial charge in [-0.3, -0.25) is 4.79 Å². The largest absolute Gasteiger partial charge is 0.397 e. The Hall–Kier alpha value is -1.45. The first-order chi connectivity index (χ1) is 7.08. The highest BCUT2D eigenvalue weighted by Crippen LogP contribution is 2.38. The topological polar surface area (TPSA) is 62.1 Å². The first-order valence-electron chi connectivity index (χ1n) is 5.27. The molecule has 1 fully saturated rings. The van der Waals surface area contributed by atoms with Gasteiger partial charge in [-0.05, 0) is 24.3 Å². The molecule has 1 aliphatic rings. The number of anilines is 1. The van der Waals surface area contributed by atoms with Crippen molar-refractivity contribution in [1.29, 1.82) is 0 Å². The molecule has 0 saturated heterocycles. The molecule has 0 aliphatic heterocycles. The maximum atomic E-state index is 11.9. The van der Waals surface area contributed by atoms with Gasteiger partial charge in [0.1, 0.15) is 5.69 Å². The van der Waals surface area contributed by atoms with Crippen molar-refractivity contribution in [3.63, 3.8) is 0 Å². The molecule has 4 nitrogen and oxygen atoms in total. The van der Waals surface area contributed by atoms with Crippen LogP contribution in [0.2, 0.25) is 0 Å². The molecule has 15 heavy (non-hydrogen) atoms. The fourth-order valence-electron chi connectivity index (χ4n) is 1.83. The number of nitrogens with zero attached hydrogens (tertiary/aromatic N) is 1. The van der Waals surface area contributed by atoms with E-state index in [1.54, 1.807) is 17.2 Å². The first kappa shape index (κ1) is 10.1. The number of H-pyrrole nitrogens is 1. The van der Waals surface area contributed by atoms with Gasteiger partial charge in [0.15, 0.2) is 0 Å². The maximum absolute atomic E-state index is 11.9. The van der Waals surface area contributed by atoms with E-state index < -0.39 is 0 Å². The highest BCUT2D eigenvalue weighted by atomic mass is 16.2. The van der Waals surface area contributed by atoms with E-state index in [0.717, 1.165) is 12.5 Å². The zero-order chi connectivity index (χ0) is 11.0. The Morgan fingerprint density at radius 2 is 2.40 bits per heavy atom. The Labute approximate surface area is 89.5 Å². The molecule has 1 aromatic rings. The van der Waals surface area contributed by atoms with E-state index >= 15 is 0 Å². The normalized spacial score (nSPS) is 23.9. The van der Waals surface area contributed by atoms with Crippen molar-refractivity contribution in [3.05, 3.63) is 18.0 Å². The van der Waals surface area contributed by atoms with Crippen LogP contribution in [0.1, 0.15) is 23.8 Å². The van der Waals surface area contributed by atoms with Crippen LogP contribution in [0, 0.1) is 11.8 Å². The Bertz CT molecular complexity index is 372. The molecule has 1 heterocycles. The van der Waals surface area contributed by atoms with Crippen LogP contribution in [0.3, 0.4) is 0 Å². The molecular weight excluding hydrogens is 190 g/mol. The van der Waals surface area contributed by atoms with Crippen LogP contribution in [0.4, 0.5) is 5.69 Å². The minimum absolute atomic E-state index is 0.0193. The monoisotopic (exact) mass is 207 g/mol. The summed E-state index contributed by atoms with van der Waals surface area (Å²) >= 11 is 0. The quantitative estimate of drug-likeness (QED) is 0.785. The number of amides is 1. The van der Waals surface area contributed by atoms with Crippen LogP contribution < -0.4 is 5.73 Å². The van der Waals surface area contributed by atoms with E-state index in [1.165, 1.54) is 6.42 Å². The summed E-state index contributed by atoms with van der Waals surface area (Å²) in [5.74, 6) is 1.48. The number of nitrogens with two attached hydrogens (primary N) is 1. The van der Waals surface area contributed by atoms with Crippen LogP contribution in [0.5, 0.6) is 0 Å². The van der Waals surface area contributed by atoms with Crippen molar-refractivity contribution >= 4 is 11.6 Å². The number of hydrogen-bond donors (Lipinski definition) is 2. The maximum Gasteiger partial charge on any atom is 0.270 e. The molecule has 1 aromatic heterocycles. The lowest BCUT2D eigenvalue weighted by molar-refractivity contribution is 0.0782. The number of carbonyl (C=O) groups is 1. The highest BCUT2D eigenvalue weighted by molar-refractivity contribution is 5.93. The van der Waals surface area contributed by atoms with E-state index in [9.17, 15) is 4.79 Å². The standard InChI is InChI=1S/C11H17N3O/c1-7-3-8(7)6-14(2)11(15)10-4-9(12)5-13-10/h4-5,7-8,13H,3,6,12H2,1-2H3. The molecule has 0 radical (unpaired) electrons. The van der Waals surface area contributed by atoms with Gasteiger partial charge < -0.3 is 15.6 Å². The second kappa shape index (κ2) is 3.61. The lowest BCUT2D eigenvalue weighted by atomic mass is 10.3. The third kappa shape index (κ3) is 2.14. The third-order valence-corrected chi connectivity index (χ3v) is 3.07. The summed E-state index contributed by atoms with van der Waals surface area (Å²) < 4.78 is 0. The molecule has 3 N–H and O–H groups in total. The first-order valence-corrected chi connectivity index (χ1v) is 5.27. The summed E-state index contributed by atoms with van der Waals surface area (Å²) in [6.45, 7) is 3.06. The molecule has 1 saturated carbocycles. The number of aromatic amines is 1. The number of hydrogen-bond acceptors (Lipinski definition) is 2. The average molecular weight is 207 g/mol. The summed E-state index contributed by atoms with van der Waals surface area (Å²) in [7, 11) is 1.84. The zero-order valence-corrected chi connectivity index (χ0v) is 9.16. The van der Waals surface area contributed by atoms with E-state index in [4.69, 9.17) is 5.73 Å². The van der Waals surface area contributed by atoms with Crippen LogP contribution >= 0.6 is 0 Å². The molecular formula is C11H17N3O. The van der Waals surface area contributed by atoms with Crippen LogP contribution in [-0.2, 0) is 0 Å². The van der Waals surface area contributed by atoms with Crippen LogP contribution in [0.25, 0.3) is 0 Å². The van der Waals surface area contributed by atoms with Crippen molar-refractivity contribution in [1.82, 2.24) is 9.88 Å². The van der Waals surface area contributed by atoms with Crippen molar-refractivity contribution in [2.24, 2.45) is 11.8 Å². The molecule has 0 bridgehead atoms. The molecule has 2 unspecified atom stereocenters. The van der Waals surface area contributed by atoms with Gasteiger partial charge in [0.2, 0.25) is 0 Å². The molecule has 2 atom stereocenters. The minimum Gasteiger partial charge on any atom is -0.397 e. The molecule has 82 valence electrons. The average Bonchev–Trinajstić information content (AvgIpc) is 2.71. The molecule has 0 spiro atoms. The van der Waals surface area contributed by atoms with Gasteiger partial charge >= 0.3 is 0 Å². The van der Waals surface area contributed by atoms with Crippen molar-refractivity contribution in [3.8, 4) is 0 Å². The van der Waals surface area contributed by atoms with Gasteiger partial charge in [0.25, 0.3) is 5.91 Å². The fourth-order valence-corrected chi connectivity index (χ4v) is 1.83. The summed E-state index contributed by atoms with van der Waals surface area (Å²) in [4.78, 5) is 16.5. The molecule has 0 aromatic carbocycles. The predicted octanol–water partition coefficient (Wildman–Crippen LogP) is 1.32. The second-order valence-corrected chi connectivity index (χ2v) is 4.51. The van der Waals surface area contributed by atoms with E-state index in [0.29, 0.717) is 17.3 Å². The molecule has 1 aliphatic carbocycles. The smallest absolute Gasteiger partial charge is 0.270 e. The van der Waals surface area contributed by atoms with E-state index in [-0.39, 0.29) is 5.91 Å². The van der Waals surface area contributed by atoms with Gasteiger partial charge in [-0.2, -0.15) is 0 Å². The van der Waals surface area contributed by atoms with Gasteiger partial charge in [-0.1, -0.05) is 6.92 Å². The van der Waals surface area contributed by atoms with Crippen LogP contribution in [-0.4, -0.2) is 29.4 Å². The SMILES string of the molecule is CC1CC1CN(C)C(=O)c1cc(N)c[nH]1. The number of nitrogen functional groups attached to an aromatic ring is 1. The number of rotatable bonds is 3. The highest BCUT2D eigenvalue weighted by Gasteiger charge is 2.34. The van der Waals surface area contributed by atoms with Gasteiger partial charge in [0, 0.05) is 25.5 Å². The summed E-state index contributed by atoms with van der Waals surface area (Å²) in [6.07, 6.45) is 2.88. The summed E-state index contributed by atoms with van der Waals surface area (Å²) in [5, 5.41) is 0. The Balaban J connectivity index is 1.95. The molecule has 4 heteroatoms. The lowest BCUT2D eigenvalue weighted by Crippen LogP contribution is -2.29. The Morgan fingerprint density at radius 1 is 1.73 bits per heavy atom. The minimum atomic E-state index is 0.0193. The molecule has 1 amide bonds. The van der Waals surface area contributed by atoms with Crippen molar-refractivity contribution in [2.75, 3.05) is 19.3 Å². The number of carbonyl (C=O) groups excluding carboxylic acids is 1. The lowest BCUT2D eigenvalue weighted by Gasteiger charge is -2.15. The fraction of sp³-hybridized carbons (Fsp3) is 0.545.